The first-order chi connectivity index (χ1) is 12.5. The largest absolute Gasteiger partial charge is 0.465 e. The molecule has 2 heteroatoms. The van der Waals surface area contributed by atoms with Crippen LogP contribution in [-0.2, 0) is 4.74 Å². The summed E-state index contributed by atoms with van der Waals surface area (Å²) < 4.78 is 5.19. The van der Waals surface area contributed by atoms with E-state index in [0.29, 0.717) is 11.5 Å². The van der Waals surface area contributed by atoms with Crippen LogP contribution in [0.5, 0.6) is 0 Å². The summed E-state index contributed by atoms with van der Waals surface area (Å²) in [5.74, 6) is 0.395. The summed E-state index contributed by atoms with van der Waals surface area (Å²) in [5.41, 5.74) is 7.27. The molecule has 0 saturated carbocycles. The molecule has 0 aromatic heterocycles. The van der Waals surface area contributed by atoms with Gasteiger partial charge in [-0.2, -0.15) is 0 Å². The number of carbonyl (C=O) groups excluding carboxylic acids is 1. The average molecular weight is 346 g/mol. The molecular weight excluding hydrogens is 320 g/mol. The summed E-state index contributed by atoms with van der Waals surface area (Å²) in [6.07, 6.45) is 0. The highest BCUT2D eigenvalue weighted by atomic mass is 16.5. The lowest BCUT2D eigenvalue weighted by atomic mass is 9.93. The fraction of sp³-hybridized carbons (Fsp3) is 0.292. The predicted molar refractivity (Wildman–Crippen MR) is 108 cm³/mol. The van der Waals surface area contributed by atoms with E-state index in [2.05, 4.69) is 64.1 Å². The van der Waals surface area contributed by atoms with Crippen LogP contribution in [0, 0.1) is 0 Å². The number of esters is 1. The zero-order valence-corrected chi connectivity index (χ0v) is 16.2. The molecule has 0 fully saturated rings. The van der Waals surface area contributed by atoms with Crippen molar-refractivity contribution in [3.63, 3.8) is 0 Å². The van der Waals surface area contributed by atoms with Gasteiger partial charge in [0.15, 0.2) is 0 Å². The summed E-state index contributed by atoms with van der Waals surface area (Å²) in [6.45, 7) is 8.70. The highest BCUT2D eigenvalue weighted by Gasteiger charge is 2.29. The number of methoxy groups -OCH3 is 1. The Kier molecular flexibility index (Phi) is 5.13. The van der Waals surface area contributed by atoms with Crippen molar-refractivity contribution in [2.75, 3.05) is 7.11 Å². The first kappa shape index (κ1) is 18.2. The zero-order valence-electron chi connectivity index (χ0n) is 16.2. The summed E-state index contributed by atoms with van der Waals surface area (Å²) in [5, 5.41) is 0. The van der Waals surface area contributed by atoms with E-state index in [-0.39, 0.29) is 11.9 Å². The molecule has 1 aromatic carbocycles. The van der Waals surface area contributed by atoms with Crippen molar-refractivity contribution in [1.82, 2.24) is 0 Å². The fourth-order valence-electron chi connectivity index (χ4n) is 3.66. The maximum atomic E-state index is 12.8. The van der Waals surface area contributed by atoms with Crippen LogP contribution in [0.1, 0.15) is 61.0 Å². The lowest BCUT2D eigenvalue weighted by Gasteiger charge is -2.11. The molecule has 2 aliphatic carbocycles. The normalized spacial score (nSPS) is 11.3. The van der Waals surface area contributed by atoms with Crippen LogP contribution in [0.15, 0.2) is 54.6 Å². The molecule has 0 saturated heterocycles. The Labute approximate surface area is 156 Å². The Morgan fingerprint density at radius 2 is 1.54 bits per heavy atom. The van der Waals surface area contributed by atoms with Crippen molar-refractivity contribution in [1.29, 1.82) is 0 Å². The van der Waals surface area contributed by atoms with Crippen molar-refractivity contribution in [2.24, 2.45) is 0 Å². The Balaban J connectivity index is 2.47. The monoisotopic (exact) mass is 346 g/mol. The topological polar surface area (TPSA) is 26.3 Å². The van der Waals surface area contributed by atoms with Gasteiger partial charge in [0.1, 0.15) is 0 Å². The first-order valence-electron chi connectivity index (χ1n) is 9.19. The molecule has 134 valence electrons. The second-order valence-corrected chi connectivity index (χ2v) is 7.33. The van der Waals surface area contributed by atoms with Crippen molar-refractivity contribution in [3.8, 4) is 22.3 Å². The Bertz CT molecular complexity index is 892. The molecule has 0 heterocycles. The quantitative estimate of drug-likeness (QED) is 0.505. The molecular formula is C24H26O2. The third-order valence-electron chi connectivity index (χ3n) is 4.93. The number of fused-ring (bicyclic) bond motifs is 1. The minimum absolute atomic E-state index is 0.276. The summed E-state index contributed by atoms with van der Waals surface area (Å²) >= 11 is 0. The lowest BCUT2D eigenvalue weighted by molar-refractivity contribution is 0.0603. The Morgan fingerprint density at radius 1 is 0.846 bits per heavy atom. The molecule has 0 radical (unpaired) electrons. The third kappa shape index (κ3) is 3.12. The van der Waals surface area contributed by atoms with E-state index < -0.39 is 0 Å². The Hall–Kier alpha value is -2.61. The van der Waals surface area contributed by atoms with Crippen molar-refractivity contribution >= 4 is 5.97 Å². The maximum Gasteiger partial charge on any atom is 0.339 e. The van der Waals surface area contributed by atoms with Crippen LogP contribution in [0.25, 0.3) is 22.3 Å². The van der Waals surface area contributed by atoms with Gasteiger partial charge in [0, 0.05) is 5.56 Å². The van der Waals surface area contributed by atoms with E-state index in [0.717, 1.165) is 22.3 Å². The second-order valence-electron chi connectivity index (χ2n) is 7.33. The van der Waals surface area contributed by atoms with Gasteiger partial charge in [-0.3, -0.25) is 0 Å². The smallest absolute Gasteiger partial charge is 0.339 e. The molecule has 0 atom stereocenters. The summed E-state index contributed by atoms with van der Waals surface area (Å²) in [6, 6.07) is 18.7. The van der Waals surface area contributed by atoms with Gasteiger partial charge in [0.05, 0.1) is 12.7 Å². The lowest BCUT2D eigenvalue weighted by Crippen LogP contribution is -2.03. The molecule has 3 rings (SSSR count). The minimum Gasteiger partial charge on any atom is -0.465 e. The van der Waals surface area contributed by atoms with Gasteiger partial charge in [0.2, 0.25) is 0 Å². The van der Waals surface area contributed by atoms with Crippen LogP contribution >= 0.6 is 0 Å². The average Bonchev–Trinajstić information content (AvgIpc) is 2.79. The van der Waals surface area contributed by atoms with Gasteiger partial charge in [-0.15, -0.1) is 0 Å². The van der Waals surface area contributed by atoms with Gasteiger partial charge < -0.3 is 4.74 Å². The van der Waals surface area contributed by atoms with Crippen LogP contribution in [-0.4, -0.2) is 13.1 Å². The van der Waals surface area contributed by atoms with Gasteiger partial charge in [-0.05, 0) is 45.7 Å². The van der Waals surface area contributed by atoms with Crippen LogP contribution in [0.4, 0.5) is 0 Å². The van der Waals surface area contributed by atoms with Crippen LogP contribution in [0.2, 0.25) is 0 Å². The molecule has 0 N–H and O–H groups in total. The van der Waals surface area contributed by atoms with E-state index in [1.165, 1.54) is 18.2 Å². The van der Waals surface area contributed by atoms with E-state index in [9.17, 15) is 4.79 Å². The third-order valence-corrected chi connectivity index (χ3v) is 4.93. The van der Waals surface area contributed by atoms with Gasteiger partial charge >= 0.3 is 5.97 Å². The maximum absolute atomic E-state index is 12.8. The van der Waals surface area contributed by atoms with Gasteiger partial charge in [-0.25, -0.2) is 4.79 Å². The first-order valence-corrected chi connectivity index (χ1v) is 9.19. The van der Waals surface area contributed by atoms with Crippen LogP contribution < -0.4 is 0 Å². The second kappa shape index (κ2) is 7.33. The number of ether oxygens (including phenoxy) is 1. The molecule has 0 spiro atoms. The van der Waals surface area contributed by atoms with E-state index >= 15 is 0 Å². The van der Waals surface area contributed by atoms with Crippen LogP contribution in [0.3, 0.4) is 0 Å². The van der Waals surface area contributed by atoms with Crippen molar-refractivity contribution in [3.05, 3.63) is 71.3 Å². The molecule has 26 heavy (non-hydrogen) atoms. The molecule has 0 unspecified atom stereocenters. The Morgan fingerprint density at radius 3 is 2.12 bits per heavy atom. The fourth-order valence-corrected chi connectivity index (χ4v) is 3.66. The molecule has 2 nitrogen and oxygen atoms in total. The highest BCUT2D eigenvalue weighted by Crippen LogP contribution is 2.46. The summed E-state index contributed by atoms with van der Waals surface area (Å²) in [7, 11) is 1.46. The summed E-state index contributed by atoms with van der Waals surface area (Å²) in [4.78, 5) is 12.8. The number of carbonyl (C=O) groups is 1. The van der Waals surface area contributed by atoms with Crippen molar-refractivity contribution < 1.29 is 9.53 Å². The molecule has 0 amide bonds. The number of benzene rings is 1. The highest BCUT2D eigenvalue weighted by molar-refractivity contribution is 6.09. The van der Waals surface area contributed by atoms with E-state index in [1.54, 1.807) is 0 Å². The number of hydrogen-bond acceptors (Lipinski definition) is 2. The van der Waals surface area contributed by atoms with Gasteiger partial charge in [0.25, 0.3) is 0 Å². The van der Waals surface area contributed by atoms with Gasteiger partial charge in [-0.1, -0.05) is 76.2 Å². The SMILES string of the molecule is COC(=O)c1c2cc(C(C)C)cccc-2c(C(C)C)c1-c1ccccc1. The number of rotatable bonds is 4. The molecule has 1 aromatic rings. The molecule has 2 aliphatic rings. The number of hydrogen-bond donors (Lipinski definition) is 0. The van der Waals surface area contributed by atoms with E-state index in [1.807, 2.05) is 18.2 Å². The van der Waals surface area contributed by atoms with E-state index in [4.69, 9.17) is 4.74 Å². The zero-order chi connectivity index (χ0) is 18.8. The predicted octanol–water partition coefficient (Wildman–Crippen LogP) is 6.49. The molecule has 0 aliphatic heterocycles. The minimum atomic E-state index is -0.276. The molecule has 0 bridgehead atoms. The standard InChI is InChI=1S/C24H26O2/c1-15(2)18-12-9-13-19-20(14-18)23(24(25)26-5)22(21(19)16(3)4)17-10-7-6-8-11-17/h6-16H,1-5H3. The van der Waals surface area contributed by atoms with Crippen molar-refractivity contribution in [2.45, 2.75) is 39.5 Å².